The summed E-state index contributed by atoms with van der Waals surface area (Å²) in [4.78, 5) is 16.0. The van der Waals surface area contributed by atoms with Gasteiger partial charge in [-0.1, -0.05) is 30.7 Å². The molecule has 2 fully saturated rings. The van der Waals surface area contributed by atoms with Crippen LogP contribution < -0.4 is 5.32 Å². The molecule has 0 unspecified atom stereocenters. The van der Waals surface area contributed by atoms with Gasteiger partial charge in [0.1, 0.15) is 17.3 Å². The zero-order chi connectivity index (χ0) is 29.5. The van der Waals surface area contributed by atoms with Crippen LogP contribution in [0.4, 0.5) is 10.2 Å². The first-order chi connectivity index (χ1) is 21.0. The number of hydrogen-bond acceptors (Lipinski definition) is 6. The minimum Gasteiger partial charge on any atom is -0.339 e. The van der Waals surface area contributed by atoms with E-state index in [-0.39, 0.29) is 5.82 Å². The second-order valence-electron chi connectivity index (χ2n) is 11.9. The third-order valence-corrected chi connectivity index (χ3v) is 8.61. The summed E-state index contributed by atoms with van der Waals surface area (Å²) in [5.74, 6) is 0.802. The van der Waals surface area contributed by atoms with Gasteiger partial charge in [0, 0.05) is 49.5 Å². The second-order valence-corrected chi connectivity index (χ2v) is 11.9. The second kappa shape index (κ2) is 11.3. The number of aromatic nitrogens is 5. The highest BCUT2D eigenvalue weighted by Crippen LogP contribution is 2.47. The van der Waals surface area contributed by atoms with E-state index in [4.69, 9.17) is 4.98 Å². The summed E-state index contributed by atoms with van der Waals surface area (Å²) in [5, 5.41) is 8.45. The zero-order valence-corrected chi connectivity index (χ0v) is 24.8. The van der Waals surface area contributed by atoms with Gasteiger partial charge >= 0.3 is 0 Å². The molecule has 0 bridgehead atoms. The lowest BCUT2D eigenvalue weighted by molar-refractivity contribution is 0.221. The number of pyridine rings is 3. The van der Waals surface area contributed by atoms with Crippen LogP contribution in [0.1, 0.15) is 60.4 Å². The maximum Gasteiger partial charge on any atom is 0.161 e. The van der Waals surface area contributed by atoms with Crippen LogP contribution in [0.15, 0.2) is 67.8 Å². The van der Waals surface area contributed by atoms with E-state index in [9.17, 15) is 0 Å². The first-order valence-corrected chi connectivity index (χ1v) is 15.2. The Labute approximate surface area is 251 Å². The quantitative estimate of drug-likeness (QED) is 0.207. The summed E-state index contributed by atoms with van der Waals surface area (Å²) in [6.45, 7) is 9.48. The highest BCUT2D eigenvalue weighted by Gasteiger charge is 2.31. The van der Waals surface area contributed by atoms with Gasteiger partial charge in [-0.05, 0) is 98.1 Å². The van der Waals surface area contributed by atoms with Crippen molar-refractivity contribution < 1.29 is 4.39 Å². The molecule has 1 saturated heterocycles. The monoisotopic (exact) mass is 573 g/mol. The number of nitrogens with zero attached hydrogens (tertiary/aromatic N) is 6. The first-order valence-electron chi connectivity index (χ1n) is 15.2. The molecular weight excluding hydrogens is 537 g/mol. The summed E-state index contributed by atoms with van der Waals surface area (Å²) in [6.07, 6.45) is 13.0. The van der Waals surface area contributed by atoms with Gasteiger partial charge in [0.15, 0.2) is 5.65 Å². The van der Waals surface area contributed by atoms with Crippen molar-refractivity contribution in [2.24, 2.45) is 7.05 Å². The Morgan fingerprint density at radius 2 is 1.77 bits per heavy atom. The Balaban J connectivity index is 1.25. The minimum absolute atomic E-state index is 0.341. The van der Waals surface area contributed by atoms with Gasteiger partial charge in [0.05, 0.1) is 11.1 Å². The molecule has 5 aromatic rings. The highest BCUT2D eigenvalue weighted by atomic mass is 19.1. The zero-order valence-electron chi connectivity index (χ0n) is 24.8. The number of aryl methyl sites for hydroxylation is 2. The third-order valence-electron chi connectivity index (χ3n) is 8.61. The molecule has 1 aliphatic carbocycles. The van der Waals surface area contributed by atoms with E-state index < -0.39 is 0 Å². The van der Waals surface area contributed by atoms with Crippen LogP contribution in [-0.2, 0) is 13.6 Å². The van der Waals surface area contributed by atoms with Crippen LogP contribution in [0.3, 0.4) is 0 Å². The minimum atomic E-state index is -0.341. The van der Waals surface area contributed by atoms with E-state index in [2.05, 4.69) is 50.9 Å². The first kappa shape index (κ1) is 27.4. The predicted molar refractivity (Wildman–Crippen MR) is 170 cm³/mol. The number of halogens is 1. The van der Waals surface area contributed by atoms with Crippen molar-refractivity contribution in [1.29, 1.82) is 0 Å². The molecule has 1 aliphatic heterocycles. The fourth-order valence-corrected chi connectivity index (χ4v) is 6.42. The number of rotatable bonds is 8. The number of piperidine rings is 1. The molecule has 5 heterocycles. The van der Waals surface area contributed by atoms with Crippen LogP contribution in [0.2, 0.25) is 0 Å². The molecule has 43 heavy (non-hydrogen) atoms. The van der Waals surface area contributed by atoms with E-state index in [0.29, 0.717) is 33.9 Å². The van der Waals surface area contributed by atoms with Crippen molar-refractivity contribution in [2.75, 3.05) is 18.4 Å². The van der Waals surface area contributed by atoms with Gasteiger partial charge in [-0.15, -0.1) is 0 Å². The smallest absolute Gasteiger partial charge is 0.161 e. The van der Waals surface area contributed by atoms with Crippen molar-refractivity contribution in [2.45, 2.75) is 51.5 Å². The molecule has 8 heteroatoms. The molecule has 0 radical (unpaired) electrons. The number of hydrogen-bond donors (Lipinski definition) is 1. The molecule has 2 aliphatic rings. The summed E-state index contributed by atoms with van der Waals surface area (Å²) < 4.78 is 18.2. The van der Waals surface area contributed by atoms with Crippen LogP contribution in [-0.4, -0.2) is 42.7 Å². The molecular formula is C35H36FN7. The lowest BCUT2D eigenvalue weighted by atomic mass is 9.98. The fourth-order valence-electron chi connectivity index (χ4n) is 6.42. The maximum atomic E-state index is 16.6. The van der Waals surface area contributed by atoms with Crippen molar-refractivity contribution in [1.82, 2.24) is 29.6 Å². The molecule has 1 aromatic carbocycles. The fraction of sp³-hybridized carbons (Fsp3) is 0.314. The topological polar surface area (TPSA) is 71.8 Å². The van der Waals surface area contributed by atoms with Gasteiger partial charge < -0.3 is 5.32 Å². The molecule has 4 aromatic heterocycles. The normalized spacial score (nSPS) is 15.6. The van der Waals surface area contributed by atoms with Gasteiger partial charge in [-0.2, -0.15) is 5.10 Å². The Morgan fingerprint density at radius 1 is 0.977 bits per heavy atom. The molecule has 1 N–H and O–H groups in total. The van der Waals surface area contributed by atoms with Crippen molar-refractivity contribution in [3.8, 4) is 22.3 Å². The van der Waals surface area contributed by atoms with E-state index in [0.717, 1.165) is 66.1 Å². The predicted octanol–water partition coefficient (Wildman–Crippen LogP) is 7.49. The van der Waals surface area contributed by atoms with Crippen molar-refractivity contribution in [3.63, 3.8) is 0 Å². The number of anilines is 1. The van der Waals surface area contributed by atoms with Crippen LogP contribution in [0, 0.1) is 12.7 Å². The van der Waals surface area contributed by atoms with E-state index in [1.807, 2.05) is 24.3 Å². The number of fused-ring (bicyclic) bond motifs is 1. The highest BCUT2D eigenvalue weighted by molar-refractivity contribution is 5.94. The summed E-state index contributed by atoms with van der Waals surface area (Å²) in [7, 11) is 1.78. The van der Waals surface area contributed by atoms with Crippen LogP contribution >= 0.6 is 0 Å². The lowest BCUT2D eigenvalue weighted by Crippen LogP contribution is -2.29. The lowest BCUT2D eigenvalue weighted by Gasteiger charge is -2.26. The van der Waals surface area contributed by atoms with E-state index in [1.54, 1.807) is 36.5 Å². The standard InChI is InChI=1S/C35H36FN7/c1-22-17-24(21-43-15-5-4-6-16-43)19-27(18-22)29-20-39-35-31(32(29)36)33(41-42(35)3)23(2)40-34-30(26-7-8-26)28(11-14-38-34)25-9-12-37-13-10-25/h9-14,17-20,26H,2,4-8,15-16,21H2,1,3H3,(H,38,40). The van der Waals surface area contributed by atoms with Gasteiger partial charge in [-0.25, -0.2) is 19.0 Å². The molecule has 7 rings (SSSR count). The van der Waals surface area contributed by atoms with E-state index in [1.165, 1.54) is 24.8 Å². The molecule has 218 valence electrons. The maximum absolute atomic E-state index is 16.6. The molecule has 7 nitrogen and oxygen atoms in total. The Bertz CT molecular complexity index is 1820. The molecule has 0 atom stereocenters. The van der Waals surface area contributed by atoms with Crippen molar-refractivity contribution in [3.05, 3.63) is 96.0 Å². The Kier molecular flexibility index (Phi) is 7.23. The summed E-state index contributed by atoms with van der Waals surface area (Å²) in [5.41, 5.74) is 8.35. The SMILES string of the molecule is C=C(Nc1nccc(-c2ccncc2)c1C1CC1)c1nn(C)c2ncc(-c3cc(C)cc(CN4CCCCC4)c3)c(F)c12. The molecule has 1 saturated carbocycles. The third kappa shape index (κ3) is 5.43. The summed E-state index contributed by atoms with van der Waals surface area (Å²) >= 11 is 0. The largest absolute Gasteiger partial charge is 0.339 e. The summed E-state index contributed by atoms with van der Waals surface area (Å²) in [6, 6.07) is 12.4. The number of nitrogens with one attached hydrogen (secondary N) is 1. The van der Waals surface area contributed by atoms with E-state index >= 15 is 4.39 Å². The number of benzene rings is 1. The Hall–Kier alpha value is -4.43. The molecule has 0 spiro atoms. The average Bonchev–Trinajstić information content (AvgIpc) is 3.80. The van der Waals surface area contributed by atoms with Gasteiger partial charge in [0.25, 0.3) is 0 Å². The van der Waals surface area contributed by atoms with Crippen molar-refractivity contribution >= 4 is 22.5 Å². The van der Waals surface area contributed by atoms with Gasteiger partial charge in [-0.3, -0.25) is 9.88 Å². The van der Waals surface area contributed by atoms with Gasteiger partial charge in [0.2, 0.25) is 0 Å². The number of likely N-dealkylation sites (tertiary alicyclic amines) is 1. The van der Waals surface area contributed by atoms with Crippen LogP contribution in [0.5, 0.6) is 0 Å². The van der Waals surface area contributed by atoms with Crippen LogP contribution in [0.25, 0.3) is 39.0 Å². The molecule has 0 amide bonds. The Morgan fingerprint density at radius 3 is 2.53 bits per heavy atom. The average molecular weight is 574 g/mol.